The SMILES string of the molecule is CCOc1ccc(C(C)=O)cc1Cn1cnc([N+](=O)[O-])n1. The highest BCUT2D eigenvalue weighted by atomic mass is 16.6. The van der Waals surface area contributed by atoms with Gasteiger partial charge in [0.1, 0.15) is 5.75 Å². The number of rotatable bonds is 6. The summed E-state index contributed by atoms with van der Waals surface area (Å²) in [5.74, 6) is 0.0835. The molecular weight excluding hydrogens is 276 g/mol. The lowest BCUT2D eigenvalue weighted by Gasteiger charge is -2.10. The normalized spacial score (nSPS) is 10.4. The van der Waals surface area contributed by atoms with Gasteiger partial charge in [-0.15, -0.1) is 0 Å². The van der Waals surface area contributed by atoms with Crippen molar-refractivity contribution in [3.63, 3.8) is 0 Å². The zero-order valence-corrected chi connectivity index (χ0v) is 11.6. The second kappa shape index (κ2) is 6.12. The predicted molar refractivity (Wildman–Crippen MR) is 73.4 cm³/mol. The van der Waals surface area contributed by atoms with Crippen LogP contribution in [0.1, 0.15) is 29.8 Å². The van der Waals surface area contributed by atoms with E-state index in [1.54, 1.807) is 18.2 Å². The number of nitro groups is 1. The van der Waals surface area contributed by atoms with Crippen LogP contribution in [-0.2, 0) is 6.54 Å². The smallest absolute Gasteiger partial charge is 0.490 e. The number of Topliss-reactive ketones (excluding diaryl/α,β-unsaturated/α-hetero) is 1. The first kappa shape index (κ1) is 14.6. The molecule has 0 atom stereocenters. The Morgan fingerprint density at radius 1 is 1.48 bits per heavy atom. The van der Waals surface area contributed by atoms with Crippen molar-refractivity contribution in [2.45, 2.75) is 20.4 Å². The van der Waals surface area contributed by atoms with Crippen molar-refractivity contribution in [1.82, 2.24) is 14.8 Å². The minimum atomic E-state index is -0.661. The van der Waals surface area contributed by atoms with E-state index in [2.05, 4.69) is 10.1 Å². The third kappa shape index (κ3) is 3.41. The molecule has 0 aliphatic heterocycles. The van der Waals surface area contributed by atoms with Crippen molar-refractivity contribution in [1.29, 1.82) is 0 Å². The third-order valence-corrected chi connectivity index (χ3v) is 2.79. The molecule has 0 saturated heterocycles. The van der Waals surface area contributed by atoms with Crippen molar-refractivity contribution in [2.75, 3.05) is 6.61 Å². The summed E-state index contributed by atoms with van der Waals surface area (Å²) < 4.78 is 6.82. The fourth-order valence-corrected chi connectivity index (χ4v) is 1.84. The molecule has 1 aromatic heterocycles. The van der Waals surface area contributed by atoms with Crippen LogP contribution in [0.2, 0.25) is 0 Å². The predicted octanol–water partition coefficient (Wildman–Crippen LogP) is 1.84. The van der Waals surface area contributed by atoms with Gasteiger partial charge in [0.15, 0.2) is 5.78 Å². The number of hydrogen-bond donors (Lipinski definition) is 0. The molecule has 110 valence electrons. The molecule has 0 saturated carbocycles. The largest absolute Gasteiger partial charge is 0.494 e. The van der Waals surface area contributed by atoms with Gasteiger partial charge in [-0.05, 0) is 37.0 Å². The summed E-state index contributed by atoms with van der Waals surface area (Å²) in [6, 6.07) is 5.09. The summed E-state index contributed by atoms with van der Waals surface area (Å²) in [7, 11) is 0. The van der Waals surface area contributed by atoms with Crippen LogP contribution < -0.4 is 4.74 Å². The van der Waals surface area contributed by atoms with Gasteiger partial charge in [0.25, 0.3) is 0 Å². The van der Waals surface area contributed by atoms with Crippen molar-refractivity contribution in [3.8, 4) is 5.75 Å². The number of hydrogen-bond acceptors (Lipinski definition) is 6. The van der Waals surface area contributed by atoms with Gasteiger partial charge in [-0.3, -0.25) is 4.79 Å². The molecular formula is C13H14N4O4. The zero-order chi connectivity index (χ0) is 15.4. The zero-order valence-electron chi connectivity index (χ0n) is 11.6. The molecule has 0 unspecified atom stereocenters. The van der Waals surface area contributed by atoms with Crippen LogP contribution in [0.4, 0.5) is 5.95 Å². The van der Waals surface area contributed by atoms with Crippen molar-refractivity contribution in [3.05, 3.63) is 45.8 Å². The van der Waals surface area contributed by atoms with Crippen LogP contribution >= 0.6 is 0 Å². The molecule has 2 aromatic rings. The van der Waals surface area contributed by atoms with Gasteiger partial charge in [-0.2, -0.15) is 4.68 Å². The number of benzene rings is 1. The minimum Gasteiger partial charge on any atom is -0.494 e. The van der Waals surface area contributed by atoms with E-state index in [4.69, 9.17) is 4.74 Å². The maximum Gasteiger partial charge on any atom is 0.490 e. The monoisotopic (exact) mass is 290 g/mol. The maximum absolute atomic E-state index is 11.4. The number of carbonyl (C=O) groups is 1. The molecule has 8 heteroatoms. The molecule has 0 amide bonds. The average Bonchev–Trinajstić information content (AvgIpc) is 2.89. The van der Waals surface area contributed by atoms with Crippen LogP contribution in [0.15, 0.2) is 24.5 Å². The molecule has 1 aromatic carbocycles. The molecule has 0 bridgehead atoms. The summed E-state index contributed by atoms with van der Waals surface area (Å²) in [5.41, 5.74) is 1.26. The molecule has 0 N–H and O–H groups in total. The van der Waals surface area contributed by atoms with Crippen LogP contribution in [0.5, 0.6) is 5.75 Å². The van der Waals surface area contributed by atoms with Crippen LogP contribution in [0.3, 0.4) is 0 Å². The molecule has 0 fully saturated rings. The van der Waals surface area contributed by atoms with E-state index in [0.717, 1.165) is 0 Å². The Morgan fingerprint density at radius 3 is 2.81 bits per heavy atom. The molecule has 0 radical (unpaired) electrons. The highest BCUT2D eigenvalue weighted by Gasteiger charge is 2.15. The van der Waals surface area contributed by atoms with Crippen LogP contribution in [0, 0.1) is 10.1 Å². The average molecular weight is 290 g/mol. The summed E-state index contributed by atoms with van der Waals surface area (Å²) in [4.78, 5) is 25.0. The van der Waals surface area contributed by atoms with Gasteiger partial charge in [-0.1, -0.05) is 4.98 Å². The van der Waals surface area contributed by atoms with E-state index in [-0.39, 0.29) is 12.3 Å². The Labute approximate surface area is 120 Å². The van der Waals surface area contributed by atoms with E-state index < -0.39 is 10.9 Å². The number of ether oxygens (including phenoxy) is 1. The van der Waals surface area contributed by atoms with E-state index in [1.165, 1.54) is 17.9 Å². The third-order valence-electron chi connectivity index (χ3n) is 2.79. The van der Waals surface area contributed by atoms with Crippen LogP contribution in [-0.4, -0.2) is 32.1 Å². The highest BCUT2D eigenvalue weighted by Crippen LogP contribution is 2.22. The van der Waals surface area contributed by atoms with E-state index >= 15 is 0 Å². The summed E-state index contributed by atoms with van der Waals surface area (Å²) >= 11 is 0. The van der Waals surface area contributed by atoms with Crippen molar-refractivity contribution in [2.24, 2.45) is 0 Å². The number of nitrogens with zero attached hydrogens (tertiary/aromatic N) is 4. The number of ketones is 1. The Hall–Kier alpha value is -2.77. The number of carbonyl (C=O) groups excluding carboxylic acids is 1. The minimum absolute atomic E-state index is 0.0659. The Morgan fingerprint density at radius 2 is 2.24 bits per heavy atom. The summed E-state index contributed by atoms with van der Waals surface area (Å²) in [6.07, 6.45) is 1.27. The van der Waals surface area contributed by atoms with Crippen LogP contribution in [0.25, 0.3) is 0 Å². The Bertz CT molecular complexity index is 681. The van der Waals surface area contributed by atoms with E-state index in [9.17, 15) is 14.9 Å². The first-order valence-electron chi connectivity index (χ1n) is 6.31. The lowest BCUT2D eigenvalue weighted by Crippen LogP contribution is -2.06. The van der Waals surface area contributed by atoms with E-state index in [1.807, 2.05) is 6.92 Å². The fraction of sp³-hybridized carbons (Fsp3) is 0.308. The second-order valence-electron chi connectivity index (χ2n) is 4.31. The quantitative estimate of drug-likeness (QED) is 0.457. The van der Waals surface area contributed by atoms with Gasteiger partial charge < -0.3 is 14.9 Å². The van der Waals surface area contributed by atoms with Crippen molar-refractivity contribution < 1.29 is 14.5 Å². The van der Waals surface area contributed by atoms with Gasteiger partial charge in [0, 0.05) is 16.2 Å². The number of aromatic nitrogens is 3. The second-order valence-corrected chi connectivity index (χ2v) is 4.31. The molecule has 21 heavy (non-hydrogen) atoms. The standard InChI is InChI=1S/C13H14N4O4/c1-3-21-12-5-4-10(9(2)18)6-11(12)7-16-8-14-13(15-16)17(19)20/h4-6,8H,3,7H2,1-2H3. The lowest BCUT2D eigenvalue weighted by molar-refractivity contribution is -0.394. The Balaban J connectivity index is 2.32. The summed E-state index contributed by atoms with van der Waals surface area (Å²) in [5, 5.41) is 14.3. The van der Waals surface area contributed by atoms with Gasteiger partial charge >= 0.3 is 5.95 Å². The first-order chi connectivity index (χ1) is 10.0. The van der Waals surface area contributed by atoms with Crippen molar-refractivity contribution >= 4 is 11.7 Å². The molecule has 0 spiro atoms. The van der Waals surface area contributed by atoms with Gasteiger partial charge in [0.05, 0.1) is 13.2 Å². The molecule has 1 heterocycles. The van der Waals surface area contributed by atoms with E-state index in [0.29, 0.717) is 23.5 Å². The summed E-state index contributed by atoms with van der Waals surface area (Å²) in [6.45, 7) is 4.03. The topological polar surface area (TPSA) is 100 Å². The molecule has 0 aliphatic carbocycles. The maximum atomic E-state index is 11.4. The fourth-order valence-electron chi connectivity index (χ4n) is 1.84. The molecule has 0 aliphatic rings. The lowest BCUT2D eigenvalue weighted by atomic mass is 10.1. The van der Waals surface area contributed by atoms with Gasteiger partial charge in [-0.25, -0.2) is 0 Å². The molecule has 8 nitrogen and oxygen atoms in total. The first-order valence-corrected chi connectivity index (χ1v) is 6.31. The molecule has 2 rings (SSSR count). The highest BCUT2D eigenvalue weighted by molar-refractivity contribution is 5.94. The van der Waals surface area contributed by atoms with Gasteiger partial charge in [0.2, 0.25) is 6.33 Å². The Kier molecular flexibility index (Phi) is 4.27.